The number of aromatic nitrogens is 3. The molecule has 1 aromatic heterocycles. The molecule has 0 atom stereocenters. The zero-order valence-electron chi connectivity index (χ0n) is 12.3. The van der Waals surface area contributed by atoms with Gasteiger partial charge >= 0.3 is 12.2 Å². The van der Waals surface area contributed by atoms with Crippen LogP contribution in [0.4, 0.5) is 15.5 Å². The predicted molar refractivity (Wildman–Crippen MR) is 74.8 cm³/mol. The molecule has 8 heteroatoms. The van der Waals surface area contributed by atoms with E-state index in [1.807, 2.05) is 13.8 Å². The Kier molecular flexibility index (Phi) is 7.70. The van der Waals surface area contributed by atoms with Crippen LogP contribution in [-0.2, 0) is 9.47 Å². The van der Waals surface area contributed by atoms with Crippen molar-refractivity contribution in [2.24, 2.45) is 0 Å². The Morgan fingerprint density at radius 2 is 1.48 bits per heavy atom. The van der Waals surface area contributed by atoms with Crippen LogP contribution in [0.25, 0.3) is 0 Å². The molecule has 0 aliphatic carbocycles. The van der Waals surface area contributed by atoms with Crippen molar-refractivity contribution in [1.29, 1.82) is 0 Å². The van der Waals surface area contributed by atoms with Gasteiger partial charge in [-0.2, -0.15) is 0 Å². The van der Waals surface area contributed by atoms with Crippen LogP contribution >= 0.6 is 0 Å². The van der Waals surface area contributed by atoms with Gasteiger partial charge in [-0.1, -0.05) is 26.7 Å². The predicted octanol–water partition coefficient (Wildman–Crippen LogP) is 2.55. The lowest BCUT2D eigenvalue weighted by Gasteiger charge is -2.17. The van der Waals surface area contributed by atoms with E-state index in [1.54, 1.807) is 0 Å². The SMILES string of the molecule is CCCCOC(=O)N(C(=O)OCCCC)c1ncncn1. The number of rotatable bonds is 7. The first-order valence-electron chi connectivity index (χ1n) is 6.96. The van der Waals surface area contributed by atoms with Gasteiger partial charge in [0.25, 0.3) is 0 Å². The monoisotopic (exact) mass is 296 g/mol. The topological polar surface area (TPSA) is 94.5 Å². The van der Waals surface area contributed by atoms with E-state index in [-0.39, 0.29) is 19.2 Å². The van der Waals surface area contributed by atoms with E-state index in [0.29, 0.717) is 17.7 Å². The smallest absolute Gasteiger partial charge is 0.426 e. The highest BCUT2D eigenvalue weighted by Gasteiger charge is 2.29. The lowest BCUT2D eigenvalue weighted by atomic mass is 10.4. The van der Waals surface area contributed by atoms with Crippen molar-refractivity contribution in [1.82, 2.24) is 15.0 Å². The number of ether oxygens (including phenoxy) is 2. The molecule has 1 heterocycles. The van der Waals surface area contributed by atoms with Crippen molar-refractivity contribution < 1.29 is 19.1 Å². The minimum Gasteiger partial charge on any atom is -0.449 e. The highest BCUT2D eigenvalue weighted by atomic mass is 16.6. The lowest BCUT2D eigenvalue weighted by molar-refractivity contribution is 0.132. The number of carbonyl (C=O) groups excluding carboxylic acids is 2. The van der Waals surface area contributed by atoms with Crippen LogP contribution in [0.2, 0.25) is 0 Å². The molecule has 0 aromatic carbocycles. The van der Waals surface area contributed by atoms with Crippen LogP contribution in [0.5, 0.6) is 0 Å². The minimum atomic E-state index is -0.851. The summed E-state index contributed by atoms with van der Waals surface area (Å²) in [7, 11) is 0. The Bertz CT molecular complexity index is 419. The van der Waals surface area contributed by atoms with E-state index < -0.39 is 12.2 Å². The molecule has 0 aliphatic rings. The zero-order valence-corrected chi connectivity index (χ0v) is 12.3. The summed E-state index contributed by atoms with van der Waals surface area (Å²) in [6, 6.07) is 0. The summed E-state index contributed by atoms with van der Waals surface area (Å²) in [6.07, 6.45) is 3.85. The van der Waals surface area contributed by atoms with Gasteiger partial charge in [-0.05, 0) is 12.8 Å². The molecule has 1 aromatic rings. The number of hydrogen-bond donors (Lipinski definition) is 0. The normalized spacial score (nSPS) is 10.0. The largest absolute Gasteiger partial charge is 0.449 e. The van der Waals surface area contributed by atoms with Gasteiger partial charge in [0, 0.05) is 0 Å². The summed E-state index contributed by atoms with van der Waals surface area (Å²) in [5.74, 6) is -0.118. The van der Waals surface area contributed by atoms with Gasteiger partial charge in [-0.15, -0.1) is 4.90 Å². The lowest BCUT2D eigenvalue weighted by Crippen LogP contribution is -2.39. The fourth-order valence-electron chi connectivity index (χ4n) is 1.32. The summed E-state index contributed by atoms with van der Waals surface area (Å²) in [4.78, 5) is 35.9. The molecular formula is C13H20N4O4. The van der Waals surface area contributed by atoms with Crippen molar-refractivity contribution >= 4 is 18.1 Å². The van der Waals surface area contributed by atoms with Gasteiger partial charge in [0.1, 0.15) is 12.7 Å². The number of amides is 2. The third-order valence-electron chi connectivity index (χ3n) is 2.49. The van der Waals surface area contributed by atoms with Crippen molar-refractivity contribution in [2.75, 3.05) is 18.1 Å². The average molecular weight is 296 g/mol. The Labute approximate surface area is 123 Å². The van der Waals surface area contributed by atoms with Gasteiger partial charge in [0.2, 0.25) is 5.95 Å². The maximum atomic E-state index is 12.0. The third-order valence-corrected chi connectivity index (χ3v) is 2.49. The van der Waals surface area contributed by atoms with Crippen LogP contribution in [-0.4, -0.2) is 40.4 Å². The van der Waals surface area contributed by atoms with Crippen LogP contribution < -0.4 is 4.90 Å². The van der Waals surface area contributed by atoms with Crippen LogP contribution in [0.3, 0.4) is 0 Å². The van der Waals surface area contributed by atoms with E-state index in [0.717, 1.165) is 12.8 Å². The zero-order chi connectivity index (χ0) is 15.5. The molecule has 2 amide bonds. The molecule has 0 saturated carbocycles. The van der Waals surface area contributed by atoms with Crippen LogP contribution in [0, 0.1) is 0 Å². The molecule has 0 bridgehead atoms. The summed E-state index contributed by atoms with van der Waals surface area (Å²) < 4.78 is 10.0. The molecule has 0 unspecified atom stereocenters. The fraction of sp³-hybridized carbons (Fsp3) is 0.615. The molecule has 1 rings (SSSR count). The molecule has 0 radical (unpaired) electrons. The maximum Gasteiger partial charge on any atom is 0.426 e. The minimum absolute atomic E-state index is 0.118. The molecule has 0 aliphatic heterocycles. The van der Waals surface area contributed by atoms with E-state index in [9.17, 15) is 9.59 Å². The molecule has 21 heavy (non-hydrogen) atoms. The standard InChI is InChI=1S/C13H20N4O4/c1-3-5-7-20-12(18)17(11-15-9-14-10-16-11)13(19)21-8-6-4-2/h9-10H,3-8H2,1-2H3. The first-order chi connectivity index (χ1) is 10.2. The second-order valence-corrected chi connectivity index (χ2v) is 4.21. The van der Waals surface area contributed by atoms with E-state index in [4.69, 9.17) is 9.47 Å². The molecule has 0 saturated heterocycles. The second-order valence-electron chi connectivity index (χ2n) is 4.21. The highest BCUT2D eigenvalue weighted by molar-refractivity contribution is 6.07. The Balaban J connectivity index is 2.75. The summed E-state index contributed by atoms with van der Waals surface area (Å²) >= 11 is 0. The number of carbonyl (C=O) groups is 2. The molecule has 116 valence electrons. The van der Waals surface area contributed by atoms with E-state index in [2.05, 4.69) is 15.0 Å². The Morgan fingerprint density at radius 1 is 1.00 bits per heavy atom. The number of unbranched alkanes of at least 4 members (excludes halogenated alkanes) is 2. The fourth-order valence-corrected chi connectivity index (χ4v) is 1.32. The molecule has 0 fully saturated rings. The number of anilines is 1. The van der Waals surface area contributed by atoms with Crippen molar-refractivity contribution in [2.45, 2.75) is 39.5 Å². The number of hydrogen-bond acceptors (Lipinski definition) is 7. The van der Waals surface area contributed by atoms with Crippen LogP contribution in [0.1, 0.15) is 39.5 Å². The quantitative estimate of drug-likeness (QED) is 0.713. The molecule has 8 nitrogen and oxygen atoms in total. The van der Waals surface area contributed by atoms with Crippen molar-refractivity contribution in [3.05, 3.63) is 12.7 Å². The van der Waals surface area contributed by atoms with Crippen molar-refractivity contribution in [3.63, 3.8) is 0 Å². The number of imide groups is 1. The second kappa shape index (κ2) is 9.62. The number of nitrogens with zero attached hydrogens (tertiary/aromatic N) is 4. The Morgan fingerprint density at radius 3 is 1.90 bits per heavy atom. The van der Waals surface area contributed by atoms with Gasteiger partial charge in [0.05, 0.1) is 13.2 Å². The molecule has 0 N–H and O–H groups in total. The first kappa shape index (κ1) is 16.8. The molecule has 0 spiro atoms. The summed E-state index contributed by atoms with van der Waals surface area (Å²) in [6.45, 7) is 4.38. The van der Waals surface area contributed by atoms with Gasteiger partial charge in [0.15, 0.2) is 0 Å². The van der Waals surface area contributed by atoms with Gasteiger partial charge in [-0.3, -0.25) is 0 Å². The van der Waals surface area contributed by atoms with Gasteiger partial charge in [-0.25, -0.2) is 24.5 Å². The summed E-state index contributed by atoms with van der Waals surface area (Å²) in [5.41, 5.74) is 0. The average Bonchev–Trinajstić information content (AvgIpc) is 2.49. The molecular weight excluding hydrogens is 276 g/mol. The Hall–Kier alpha value is -2.25. The van der Waals surface area contributed by atoms with E-state index in [1.165, 1.54) is 12.7 Å². The first-order valence-corrected chi connectivity index (χ1v) is 6.96. The van der Waals surface area contributed by atoms with Crippen molar-refractivity contribution in [3.8, 4) is 0 Å². The maximum absolute atomic E-state index is 12.0. The highest BCUT2D eigenvalue weighted by Crippen LogP contribution is 2.10. The third kappa shape index (κ3) is 5.72. The van der Waals surface area contributed by atoms with Crippen LogP contribution in [0.15, 0.2) is 12.7 Å². The van der Waals surface area contributed by atoms with E-state index >= 15 is 0 Å². The van der Waals surface area contributed by atoms with Gasteiger partial charge < -0.3 is 9.47 Å². The summed E-state index contributed by atoms with van der Waals surface area (Å²) in [5, 5.41) is 0.